The fourth-order valence-electron chi connectivity index (χ4n) is 2.46. The summed E-state index contributed by atoms with van der Waals surface area (Å²) in [5.41, 5.74) is 0.220. The van der Waals surface area contributed by atoms with Crippen LogP contribution in [0, 0.1) is 0 Å². The molecular weight excluding hydrogens is 414 g/mol. The van der Waals surface area contributed by atoms with Gasteiger partial charge in [-0.15, -0.1) is 0 Å². The van der Waals surface area contributed by atoms with Gasteiger partial charge < -0.3 is 9.84 Å². The molecule has 0 atom stereocenters. The molecule has 1 N–H and O–H groups in total. The number of aromatic nitrogens is 1. The summed E-state index contributed by atoms with van der Waals surface area (Å²) in [6.45, 7) is 4.46. The van der Waals surface area contributed by atoms with E-state index in [0.29, 0.717) is 13.0 Å². The van der Waals surface area contributed by atoms with Gasteiger partial charge in [0.15, 0.2) is 0 Å². The maximum atomic E-state index is 11.1. The molecule has 0 aliphatic rings. The highest BCUT2D eigenvalue weighted by atomic mass is 16.5. The van der Waals surface area contributed by atoms with E-state index in [-0.39, 0.29) is 11.5 Å². The summed E-state index contributed by atoms with van der Waals surface area (Å²) >= 11 is 0. The number of unbranched alkanes of at least 4 members (excludes halogenated alkanes) is 1. The van der Waals surface area contributed by atoms with Crippen molar-refractivity contribution in [1.82, 2.24) is 4.98 Å². The first-order valence-electron chi connectivity index (χ1n) is 11.7. The van der Waals surface area contributed by atoms with Crippen molar-refractivity contribution in [3.63, 3.8) is 0 Å². The predicted octanol–water partition coefficient (Wildman–Crippen LogP) is 7.25. The first kappa shape index (κ1) is 29.8. The number of esters is 1. The monoisotopic (exact) mass is 453 g/mol. The van der Waals surface area contributed by atoms with Crippen molar-refractivity contribution in [3.05, 3.63) is 90.9 Å². The third-order valence-corrected chi connectivity index (χ3v) is 4.12. The fourth-order valence-corrected chi connectivity index (χ4v) is 2.46. The Balaban J connectivity index is 0.000000938. The number of pyridine rings is 1. The summed E-state index contributed by atoms with van der Waals surface area (Å²) in [6.07, 6.45) is 32.1. The number of carboxylic acids is 1. The summed E-state index contributed by atoms with van der Waals surface area (Å²) < 4.78 is 4.88. The molecule has 0 saturated carbocycles. The van der Waals surface area contributed by atoms with Crippen LogP contribution in [0.3, 0.4) is 0 Å². The molecule has 0 aromatic carbocycles. The highest BCUT2D eigenvalue weighted by Gasteiger charge is 1.98. The lowest BCUT2D eigenvalue weighted by Crippen LogP contribution is -2.02. The van der Waals surface area contributed by atoms with Gasteiger partial charge in [0.1, 0.15) is 0 Å². The number of carbonyl (C=O) groups is 2. The Kier molecular flexibility index (Phi) is 21.2. The largest absolute Gasteiger partial charge is 0.478 e. The van der Waals surface area contributed by atoms with Crippen LogP contribution in [0.15, 0.2) is 85.3 Å². The quantitative estimate of drug-likeness (QED) is 0.172. The Morgan fingerprint density at radius 1 is 0.879 bits per heavy atom. The van der Waals surface area contributed by atoms with Crippen LogP contribution in [0.5, 0.6) is 0 Å². The van der Waals surface area contributed by atoms with Crippen LogP contribution in [0.25, 0.3) is 0 Å². The van der Waals surface area contributed by atoms with Gasteiger partial charge in [-0.2, -0.15) is 0 Å². The summed E-state index contributed by atoms with van der Waals surface area (Å²) in [4.78, 5) is 24.9. The number of carbonyl (C=O) groups excluding carboxylic acids is 1. The minimum Gasteiger partial charge on any atom is -0.478 e. The zero-order valence-electron chi connectivity index (χ0n) is 20.1. The average Bonchev–Trinajstić information content (AvgIpc) is 2.82. The zero-order valence-corrected chi connectivity index (χ0v) is 20.1. The molecule has 180 valence electrons. The van der Waals surface area contributed by atoms with E-state index < -0.39 is 5.97 Å². The molecular formula is C28H39NO4. The Bertz CT molecular complexity index is 761. The van der Waals surface area contributed by atoms with Crippen molar-refractivity contribution in [2.24, 2.45) is 0 Å². The number of ether oxygens (including phenoxy) is 1. The topological polar surface area (TPSA) is 76.5 Å². The summed E-state index contributed by atoms with van der Waals surface area (Å²) in [5, 5.41) is 8.34. The second-order valence-corrected chi connectivity index (χ2v) is 6.95. The molecule has 0 saturated heterocycles. The highest BCUT2D eigenvalue weighted by Crippen LogP contribution is 2.00. The van der Waals surface area contributed by atoms with Gasteiger partial charge >= 0.3 is 11.9 Å². The van der Waals surface area contributed by atoms with Crippen molar-refractivity contribution in [2.75, 3.05) is 6.61 Å². The maximum absolute atomic E-state index is 11.1. The number of rotatable bonds is 15. The number of hydrogen-bond donors (Lipinski definition) is 1. The molecule has 1 heterocycles. The third kappa shape index (κ3) is 21.8. The van der Waals surface area contributed by atoms with Gasteiger partial charge in [0.25, 0.3) is 0 Å². The maximum Gasteiger partial charge on any atom is 0.337 e. The van der Waals surface area contributed by atoms with Crippen molar-refractivity contribution >= 4 is 11.9 Å². The molecule has 33 heavy (non-hydrogen) atoms. The minimum atomic E-state index is -0.942. The molecule has 1 aromatic rings. The first-order chi connectivity index (χ1) is 16.1. The Hall–Kier alpha value is -3.21. The van der Waals surface area contributed by atoms with Crippen LogP contribution in [0.4, 0.5) is 0 Å². The molecule has 5 heteroatoms. The lowest BCUT2D eigenvalue weighted by Gasteiger charge is -1.98. The SMILES string of the molecule is CC/C=C\C/C=C\C/C=C\C/C=C\C/C=C\CCCC(=O)OCC.O=C(O)c1cccnc1. The van der Waals surface area contributed by atoms with Crippen LogP contribution in [0.2, 0.25) is 0 Å². The predicted molar refractivity (Wildman–Crippen MR) is 136 cm³/mol. The van der Waals surface area contributed by atoms with Crippen LogP contribution in [0.1, 0.15) is 75.6 Å². The van der Waals surface area contributed by atoms with E-state index in [0.717, 1.165) is 44.9 Å². The summed E-state index contributed by atoms with van der Waals surface area (Å²) in [7, 11) is 0. The molecule has 0 aliphatic heterocycles. The van der Waals surface area contributed by atoms with Gasteiger partial charge in [-0.05, 0) is 64.0 Å². The highest BCUT2D eigenvalue weighted by molar-refractivity contribution is 5.86. The molecule has 0 amide bonds. The fraction of sp³-hybridized carbons (Fsp3) is 0.393. The standard InChI is InChI=1S/C22H34O2.C6H5NO2/c1-3-5-6-7-8-9-10-11-12-13-14-15-16-17-18-19-20-21-22(23)24-4-2;8-6(9)5-2-1-3-7-4-5/h5-6,8-9,11-12,14-15,17-18H,3-4,7,10,13,16,19-21H2,1-2H3;1-4H,(H,8,9)/b6-5-,9-8-,12-11-,15-14-,18-17-;. The Morgan fingerprint density at radius 3 is 1.85 bits per heavy atom. The van der Waals surface area contributed by atoms with Gasteiger partial charge in [-0.25, -0.2) is 4.79 Å². The van der Waals surface area contributed by atoms with E-state index >= 15 is 0 Å². The van der Waals surface area contributed by atoms with Crippen LogP contribution < -0.4 is 0 Å². The van der Waals surface area contributed by atoms with Crippen molar-refractivity contribution in [1.29, 1.82) is 0 Å². The van der Waals surface area contributed by atoms with E-state index in [4.69, 9.17) is 9.84 Å². The van der Waals surface area contributed by atoms with Crippen LogP contribution in [-0.4, -0.2) is 28.6 Å². The zero-order chi connectivity index (χ0) is 24.4. The Morgan fingerprint density at radius 2 is 1.42 bits per heavy atom. The first-order valence-corrected chi connectivity index (χ1v) is 11.7. The second-order valence-electron chi connectivity index (χ2n) is 6.95. The van der Waals surface area contributed by atoms with Gasteiger partial charge in [0.05, 0.1) is 12.2 Å². The molecule has 5 nitrogen and oxygen atoms in total. The normalized spacial score (nSPS) is 11.6. The van der Waals surface area contributed by atoms with E-state index in [1.165, 1.54) is 18.5 Å². The molecule has 1 rings (SSSR count). The lowest BCUT2D eigenvalue weighted by atomic mass is 10.2. The number of hydrogen-bond acceptors (Lipinski definition) is 4. The van der Waals surface area contributed by atoms with Gasteiger partial charge in [-0.1, -0.05) is 67.7 Å². The van der Waals surface area contributed by atoms with E-state index in [9.17, 15) is 9.59 Å². The molecule has 0 radical (unpaired) electrons. The smallest absolute Gasteiger partial charge is 0.337 e. The number of aromatic carboxylic acids is 1. The second kappa shape index (κ2) is 23.5. The van der Waals surface area contributed by atoms with Crippen molar-refractivity contribution in [3.8, 4) is 0 Å². The molecule has 0 bridgehead atoms. The van der Waals surface area contributed by atoms with E-state index in [1.54, 1.807) is 6.07 Å². The Labute approximate surface area is 199 Å². The molecule has 0 fully saturated rings. The van der Waals surface area contributed by atoms with Gasteiger partial charge in [-0.3, -0.25) is 9.78 Å². The summed E-state index contributed by atoms with van der Waals surface area (Å²) in [5.74, 6) is -1.03. The summed E-state index contributed by atoms with van der Waals surface area (Å²) in [6, 6.07) is 3.08. The van der Waals surface area contributed by atoms with E-state index in [2.05, 4.69) is 72.7 Å². The number of nitrogens with zero attached hydrogens (tertiary/aromatic N) is 1. The molecule has 1 aromatic heterocycles. The number of carboxylic acid groups (broad SMARTS) is 1. The number of allylic oxidation sites excluding steroid dienone is 10. The van der Waals surface area contributed by atoms with Crippen molar-refractivity contribution in [2.45, 2.75) is 65.2 Å². The minimum absolute atomic E-state index is 0.0927. The van der Waals surface area contributed by atoms with Crippen LogP contribution >= 0.6 is 0 Å². The third-order valence-electron chi connectivity index (χ3n) is 4.12. The molecule has 0 unspecified atom stereocenters. The average molecular weight is 454 g/mol. The van der Waals surface area contributed by atoms with Crippen molar-refractivity contribution < 1.29 is 19.4 Å². The van der Waals surface area contributed by atoms with Crippen LogP contribution in [-0.2, 0) is 9.53 Å². The molecule has 0 spiro atoms. The van der Waals surface area contributed by atoms with Gasteiger partial charge in [0.2, 0.25) is 0 Å². The van der Waals surface area contributed by atoms with Gasteiger partial charge in [0, 0.05) is 18.8 Å². The molecule has 0 aliphatic carbocycles. The van der Waals surface area contributed by atoms with E-state index in [1.807, 2.05) is 6.92 Å². The lowest BCUT2D eigenvalue weighted by molar-refractivity contribution is -0.143.